The van der Waals surface area contributed by atoms with Gasteiger partial charge in [-0.1, -0.05) is 11.6 Å². The SMILES string of the molecule is Cc1cc(CN2CCN(C(=O)NC3CCN4CCCCC34)CC2)no1. The topological polar surface area (TPSA) is 64.8 Å². The van der Waals surface area contributed by atoms with E-state index in [2.05, 4.69) is 20.3 Å². The lowest BCUT2D eigenvalue weighted by molar-refractivity contribution is 0.127. The van der Waals surface area contributed by atoms with E-state index in [9.17, 15) is 4.79 Å². The van der Waals surface area contributed by atoms with Crippen LogP contribution in [0.15, 0.2) is 10.6 Å². The number of hydrogen-bond donors (Lipinski definition) is 1. The third-order valence-corrected chi connectivity index (χ3v) is 5.89. The minimum absolute atomic E-state index is 0.120. The summed E-state index contributed by atoms with van der Waals surface area (Å²) >= 11 is 0. The van der Waals surface area contributed by atoms with Gasteiger partial charge in [0.15, 0.2) is 0 Å². The Morgan fingerprint density at radius 1 is 1.20 bits per heavy atom. The Morgan fingerprint density at radius 2 is 2.04 bits per heavy atom. The first-order valence-electron chi connectivity index (χ1n) is 9.63. The highest BCUT2D eigenvalue weighted by Crippen LogP contribution is 2.27. The number of piperidine rings is 1. The van der Waals surface area contributed by atoms with Gasteiger partial charge in [-0.15, -0.1) is 0 Å². The van der Waals surface area contributed by atoms with Crippen molar-refractivity contribution < 1.29 is 9.32 Å². The van der Waals surface area contributed by atoms with Gasteiger partial charge >= 0.3 is 6.03 Å². The van der Waals surface area contributed by atoms with Crippen molar-refractivity contribution in [2.24, 2.45) is 0 Å². The van der Waals surface area contributed by atoms with Gasteiger partial charge in [-0.2, -0.15) is 0 Å². The molecule has 3 aliphatic heterocycles. The van der Waals surface area contributed by atoms with Crippen LogP contribution in [-0.2, 0) is 6.54 Å². The molecule has 1 aromatic heterocycles. The second-order valence-electron chi connectivity index (χ2n) is 7.64. The fourth-order valence-electron chi connectivity index (χ4n) is 4.50. The van der Waals surface area contributed by atoms with E-state index in [0.29, 0.717) is 12.1 Å². The highest BCUT2D eigenvalue weighted by atomic mass is 16.5. The Hall–Kier alpha value is -1.60. The van der Waals surface area contributed by atoms with Crippen LogP contribution < -0.4 is 5.32 Å². The molecule has 3 aliphatic rings. The van der Waals surface area contributed by atoms with Crippen molar-refractivity contribution >= 4 is 6.03 Å². The van der Waals surface area contributed by atoms with Gasteiger partial charge in [0.2, 0.25) is 0 Å². The third kappa shape index (κ3) is 3.82. The van der Waals surface area contributed by atoms with Crippen LogP contribution >= 0.6 is 0 Å². The predicted molar refractivity (Wildman–Crippen MR) is 94.2 cm³/mol. The normalized spacial score (nSPS) is 28.1. The number of amides is 2. The number of carbonyl (C=O) groups is 1. The van der Waals surface area contributed by atoms with E-state index in [1.165, 1.54) is 25.8 Å². The summed E-state index contributed by atoms with van der Waals surface area (Å²) in [5.41, 5.74) is 0.971. The molecular weight excluding hydrogens is 318 g/mol. The van der Waals surface area contributed by atoms with E-state index in [1.807, 2.05) is 17.9 Å². The fraction of sp³-hybridized carbons (Fsp3) is 0.778. The van der Waals surface area contributed by atoms with Crippen LogP contribution in [0.3, 0.4) is 0 Å². The maximum atomic E-state index is 12.6. The second-order valence-corrected chi connectivity index (χ2v) is 7.64. The number of rotatable bonds is 3. The van der Waals surface area contributed by atoms with Crippen molar-refractivity contribution in [1.82, 2.24) is 25.2 Å². The van der Waals surface area contributed by atoms with Crippen molar-refractivity contribution in [3.63, 3.8) is 0 Å². The first kappa shape index (κ1) is 16.8. The van der Waals surface area contributed by atoms with Gasteiger partial charge in [0.05, 0.1) is 5.69 Å². The Labute approximate surface area is 149 Å². The van der Waals surface area contributed by atoms with E-state index >= 15 is 0 Å². The second kappa shape index (κ2) is 7.33. The monoisotopic (exact) mass is 347 g/mol. The lowest BCUT2D eigenvalue weighted by atomic mass is 9.99. The minimum atomic E-state index is 0.120. The molecule has 4 heterocycles. The molecule has 3 saturated heterocycles. The summed E-state index contributed by atoms with van der Waals surface area (Å²) in [6.45, 7) is 8.39. The van der Waals surface area contributed by atoms with Crippen LogP contribution in [0.25, 0.3) is 0 Å². The minimum Gasteiger partial charge on any atom is -0.361 e. The van der Waals surface area contributed by atoms with Crippen LogP contribution in [0.1, 0.15) is 37.1 Å². The number of carbonyl (C=O) groups excluding carboxylic acids is 1. The third-order valence-electron chi connectivity index (χ3n) is 5.89. The number of aryl methyl sites for hydroxylation is 1. The van der Waals surface area contributed by atoms with Crippen LogP contribution in [0.2, 0.25) is 0 Å². The number of nitrogens with one attached hydrogen (secondary N) is 1. The summed E-state index contributed by atoms with van der Waals surface area (Å²) in [5, 5.41) is 7.37. The lowest BCUT2D eigenvalue weighted by Crippen LogP contribution is -2.55. The van der Waals surface area contributed by atoms with Crippen molar-refractivity contribution in [1.29, 1.82) is 0 Å². The van der Waals surface area contributed by atoms with Gasteiger partial charge in [-0.05, 0) is 32.7 Å². The number of fused-ring (bicyclic) bond motifs is 1. The molecule has 138 valence electrons. The summed E-state index contributed by atoms with van der Waals surface area (Å²) < 4.78 is 5.13. The summed E-state index contributed by atoms with van der Waals surface area (Å²) in [5.74, 6) is 0.848. The molecule has 0 radical (unpaired) electrons. The zero-order chi connectivity index (χ0) is 17.2. The highest BCUT2D eigenvalue weighted by molar-refractivity contribution is 5.74. The molecular formula is C18H29N5O2. The smallest absolute Gasteiger partial charge is 0.317 e. The molecule has 7 nitrogen and oxygen atoms in total. The number of piperazine rings is 1. The fourth-order valence-corrected chi connectivity index (χ4v) is 4.50. The number of nitrogens with zero attached hydrogens (tertiary/aromatic N) is 4. The van der Waals surface area contributed by atoms with Crippen molar-refractivity contribution in [3.05, 3.63) is 17.5 Å². The molecule has 3 fully saturated rings. The van der Waals surface area contributed by atoms with E-state index in [-0.39, 0.29) is 6.03 Å². The van der Waals surface area contributed by atoms with E-state index in [1.54, 1.807) is 0 Å². The van der Waals surface area contributed by atoms with Crippen LogP contribution in [0, 0.1) is 6.92 Å². The average Bonchev–Trinajstić information content (AvgIpc) is 3.22. The zero-order valence-electron chi connectivity index (χ0n) is 15.1. The average molecular weight is 347 g/mol. The molecule has 2 atom stereocenters. The largest absolute Gasteiger partial charge is 0.361 e. The van der Waals surface area contributed by atoms with Crippen molar-refractivity contribution in [2.75, 3.05) is 39.3 Å². The number of aromatic nitrogens is 1. The molecule has 1 aromatic rings. The first-order valence-corrected chi connectivity index (χ1v) is 9.63. The highest BCUT2D eigenvalue weighted by Gasteiger charge is 2.37. The van der Waals surface area contributed by atoms with Crippen molar-refractivity contribution in [3.8, 4) is 0 Å². The Kier molecular flexibility index (Phi) is 4.94. The molecule has 2 unspecified atom stereocenters. The molecule has 0 spiro atoms. The molecule has 0 aromatic carbocycles. The van der Waals surface area contributed by atoms with Gasteiger partial charge in [-0.25, -0.2) is 4.79 Å². The molecule has 0 bridgehead atoms. The lowest BCUT2D eigenvalue weighted by Gasteiger charge is -2.36. The van der Waals surface area contributed by atoms with Crippen LogP contribution in [0.5, 0.6) is 0 Å². The van der Waals surface area contributed by atoms with Gasteiger partial charge in [0, 0.05) is 57.4 Å². The van der Waals surface area contributed by atoms with Crippen LogP contribution in [-0.4, -0.2) is 77.2 Å². The quantitative estimate of drug-likeness (QED) is 0.896. The molecule has 7 heteroatoms. The van der Waals surface area contributed by atoms with Gasteiger partial charge in [0.1, 0.15) is 5.76 Å². The number of hydrogen-bond acceptors (Lipinski definition) is 5. The molecule has 0 saturated carbocycles. The summed E-state index contributed by atoms with van der Waals surface area (Å²) in [7, 11) is 0. The van der Waals surface area contributed by atoms with Crippen molar-refractivity contribution in [2.45, 2.75) is 51.2 Å². The summed E-state index contributed by atoms with van der Waals surface area (Å²) in [4.78, 5) is 19.5. The first-order chi connectivity index (χ1) is 12.2. The summed E-state index contributed by atoms with van der Waals surface area (Å²) in [6.07, 6.45) is 4.94. The standard InChI is InChI=1S/C18H29N5O2/c1-14-12-15(20-25-14)13-21-8-10-23(11-9-21)18(24)19-16-5-7-22-6-3-2-4-17(16)22/h12,16-17H,2-11,13H2,1H3,(H,19,24). The number of urea groups is 1. The molecule has 0 aliphatic carbocycles. The zero-order valence-corrected chi connectivity index (χ0v) is 15.1. The van der Waals surface area contributed by atoms with Crippen LogP contribution in [0.4, 0.5) is 4.79 Å². The summed E-state index contributed by atoms with van der Waals surface area (Å²) in [6, 6.07) is 3.00. The van der Waals surface area contributed by atoms with E-state index in [0.717, 1.165) is 57.1 Å². The van der Waals surface area contributed by atoms with Gasteiger partial charge in [-0.3, -0.25) is 9.80 Å². The predicted octanol–water partition coefficient (Wildman–Crippen LogP) is 1.44. The van der Waals surface area contributed by atoms with E-state index in [4.69, 9.17) is 4.52 Å². The van der Waals surface area contributed by atoms with E-state index < -0.39 is 0 Å². The maximum absolute atomic E-state index is 12.6. The molecule has 25 heavy (non-hydrogen) atoms. The van der Waals surface area contributed by atoms with Gasteiger partial charge < -0.3 is 14.7 Å². The molecule has 4 rings (SSSR count). The Morgan fingerprint density at radius 3 is 2.80 bits per heavy atom. The molecule has 1 N–H and O–H groups in total. The Balaban J connectivity index is 1.24. The maximum Gasteiger partial charge on any atom is 0.317 e. The molecule has 2 amide bonds. The van der Waals surface area contributed by atoms with Gasteiger partial charge in [0.25, 0.3) is 0 Å². The Bertz CT molecular complexity index is 596.